The molecule has 2 aliphatic heterocycles. The summed E-state index contributed by atoms with van der Waals surface area (Å²) in [4.78, 5) is 3.09. The van der Waals surface area contributed by atoms with Crippen molar-refractivity contribution in [3.8, 4) is 5.88 Å². The van der Waals surface area contributed by atoms with Crippen LogP contribution in [0.25, 0.3) is 54.4 Å². The van der Waals surface area contributed by atoms with Gasteiger partial charge in [-0.05, 0) is 19.1 Å². The van der Waals surface area contributed by atoms with Crippen LogP contribution in [0.2, 0.25) is 0 Å². The highest BCUT2D eigenvalue weighted by Crippen LogP contribution is 2.54. The third kappa shape index (κ3) is 1.90. The van der Waals surface area contributed by atoms with Crippen molar-refractivity contribution in [3.05, 3.63) is 54.7 Å². The van der Waals surface area contributed by atoms with E-state index in [1.54, 1.807) is 7.11 Å². The third-order valence-electron chi connectivity index (χ3n) is 8.14. The molecule has 4 atom stereocenters. The van der Waals surface area contributed by atoms with Gasteiger partial charge in [0.25, 0.3) is 0 Å². The summed E-state index contributed by atoms with van der Waals surface area (Å²) in [7, 11) is 1.71. The van der Waals surface area contributed by atoms with Gasteiger partial charge in [0.2, 0.25) is 0 Å². The van der Waals surface area contributed by atoms with E-state index in [0.29, 0.717) is 6.42 Å². The molecule has 2 bridgehead atoms. The van der Waals surface area contributed by atoms with Gasteiger partial charge in [-0.15, -0.1) is 0 Å². The first kappa shape index (κ1) is 18.9. The van der Waals surface area contributed by atoms with E-state index in [-0.39, 0.29) is 24.3 Å². The first-order valence-corrected chi connectivity index (χ1v) is 11.7. The van der Waals surface area contributed by atoms with Gasteiger partial charge in [0.15, 0.2) is 11.6 Å². The molecule has 0 amide bonds. The van der Waals surface area contributed by atoms with Crippen LogP contribution in [0.1, 0.15) is 19.6 Å². The molecule has 5 heterocycles. The molecule has 7 nitrogen and oxygen atoms in total. The molecule has 2 aliphatic rings. The number of rotatable bonds is 1. The van der Waals surface area contributed by atoms with Gasteiger partial charge in [0.1, 0.15) is 12.3 Å². The lowest BCUT2D eigenvalue weighted by atomic mass is 9.93. The number of nitrogens with two attached hydrogens (primary N) is 1. The lowest BCUT2D eigenvalue weighted by Gasteiger charge is -2.47. The van der Waals surface area contributed by atoms with Crippen molar-refractivity contribution >= 4 is 54.4 Å². The van der Waals surface area contributed by atoms with E-state index in [4.69, 9.17) is 15.2 Å². The number of benzene rings is 3. The number of aromatic hydroxyl groups is 1. The molecule has 3 aromatic heterocycles. The Morgan fingerprint density at radius 2 is 1.71 bits per heavy atom. The second kappa shape index (κ2) is 5.93. The molecule has 0 spiro atoms. The van der Waals surface area contributed by atoms with E-state index in [0.717, 1.165) is 54.4 Å². The van der Waals surface area contributed by atoms with Crippen LogP contribution in [0.15, 0.2) is 54.7 Å². The SMILES string of the molecule is CO[C@@H]1[C@H](N)C[C@H]2O[C@]1(C)n1c3ccccc3c3c4c(O)[nH]cc4c4c5ccccc5n2c4c31. The van der Waals surface area contributed by atoms with Gasteiger partial charge in [-0.1, -0.05) is 36.4 Å². The van der Waals surface area contributed by atoms with Crippen LogP contribution < -0.4 is 5.73 Å². The zero-order valence-corrected chi connectivity index (χ0v) is 18.9. The second-order valence-corrected chi connectivity index (χ2v) is 9.80. The van der Waals surface area contributed by atoms with Gasteiger partial charge in [0.05, 0.1) is 27.5 Å². The fourth-order valence-corrected chi connectivity index (χ4v) is 6.98. The zero-order chi connectivity index (χ0) is 22.9. The Morgan fingerprint density at radius 1 is 1.00 bits per heavy atom. The summed E-state index contributed by atoms with van der Waals surface area (Å²) in [6, 6.07) is 16.5. The van der Waals surface area contributed by atoms with E-state index in [9.17, 15) is 5.11 Å². The van der Waals surface area contributed by atoms with Crippen LogP contribution >= 0.6 is 0 Å². The van der Waals surface area contributed by atoms with Gasteiger partial charge in [0, 0.05) is 52.7 Å². The third-order valence-corrected chi connectivity index (χ3v) is 8.14. The normalized spacial score (nSPS) is 26.5. The minimum absolute atomic E-state index is 0.176. The largest absolute Gasteiger partial charge is 0.494 e. The molecule has 0 saturated carbocycles. The minimum Gasteiger partial charge on any atom is -0.494 e. The number of methoxy groups -OCH3 is 1. The minimum atomic E-state index is -0.842. The molecule has 0 radical (unpaired) electrons. The van der Waals surface area contributed by atoms with Crippen LogP contribution in [0, 0.1) is 0 Å². The maximum absolute atomic E-state index is 11.0. The second-order valence-electron chi connectivity index (χ2n) is 9.80. The Morgan fingerprint density at radius 3 is 2.47 bits per heavy atom. The van der Waals surface area contributed by atoms with Crippen molar-refractivity contribution in [2.45, 2.75) is 37.4 Å². The summed E-state index contributed by atoms with van der Waals surface area (Å²) >= 11 is 0. The monoisotopic (exact) mass is 452 g/mol. The molecule has 7 heteroatoms. The fourth-order valence-electron chi connectivity index (χ4n) is 6.98. The maximum atomic E-state index is 11.0. The predicted octanol–water partition coefficient (Wildman–Crippen LogP) is 5.04. The Bertz CT molecular complexity index is 1830. The highest BCUT2D eigenvalue weighted by atomic mass is 16.6. The van der Waals surface area contributed by atoms with Gasteiger partial charge in [-0.25, -0.2) is 0 Å². The van der Waals surface area contributed by atoms with E-state index in [1.807, 2.05) is 18.3 Å². The lowest BCUT2D eigenvalue weighted by Crippen LogP contribution is -2.59. The molecule has 1 fully saturated rings. The molecule has 4 N–H and O–H groups in total. The molecule has 3 aromatic carbocycles. The summed E-state index contributed by atoms with van der Waals surface area (Å²) in [5, 5.41) is 17.2. The molecule has 0 aliphatic carbocycles. The molecule has 34 heavy (non-hydrogen) atoms. The Hall–Kier alpha value is -3.52. The number of nitrogens with zero attached hydrogens (tertiary/aromatic N) is 2. The van der Waals surface area contributed by atoms with Crippen LogP contribution in [0.5, 0.6) is 5.88 Å². The van der Waals surface area contributed by atoms with Crippen LogP contribution in [-0.4, -0.2) is 38.5 Å². The van der Waals surface area contributed by atoms with Crippen molar-refractivity contribution in [1.82, 2.24) is 14.1 Å². The molecule has 170 valence electrons. The smallest absolute Gasteiger partial charge is 0.197 e. The lowest BCUT2D eigenvalue weighted by molar-refractivity contribution is -0.252. The van der Waals surface area contributed by atoms with Crippen LogP contribution in [-0.2, 0) is 15.2 Å². The first-order valence-electron chi connectivity index (χ1n) is 11.7. The van der Waals surface area contributed by atoms with Crippen molar-refractivity contribution in [2.75, 3.05) is 7.11 Å². The highest BCUT2D eigenvalue weighted by molar-refractivity contribution is 6.36. The Balaban J connectivity index is 1.78. The first-order chi connectivity index (χ1) is 16.5. The van der Waals surface area contributed by atoms with Crippen molar-refractivity contribution in [3.63, 3.8) is 0 Å². The van der Waals surface area contributed by atoms with Gasteiger partial charge in [-0.3, -0.25) is 0 Å². The number of hydrogen-bond donors (Lipinski definition) is 3. The van der Waals surface area contributed by atoms with Gasteiger partial charge in [-0.2, -0.15) is 0 Å². The predicted molar refractivity (Wildman–Crippen MR) is 133 cm³/mol. The number of fused-ring (bicyclic) bond motifs is 13. The zero-order valence-electron chi connectivity index (χ0n) is 18.9. The van der Waals surface area contributed by atoms with Crippen LogP contribution in [0.3, 0.4) is 0 Å². The average molecular weight is 453 g/mol. The molecular weight excluding hydrogens is 428 g/mol. The molecule has 6 aromatic rings. The summed E-state index contributed by atoms with van der Waals surface area (Å²) in [6.07, 6.45) is 1.97. The molecule has 1 saturated heterocycles. The molecule has 0 unspecified atom stereocenters. The number of ether oxygens (including phenoxy) is 2. The summed E-state index contributed by atoms with van der Waals surface area (Å²) in [5.41, 5.74) is 10.2. The topological polar surface area (TPSA) is 90.4 Å². The fraction of sp³-hybridized carbons (Fsp3) is 0.259. The quantitative estimate of drug-likeness (QED) is 0.326. The van der Waals surface area contributed by atoms with E-state index >= 15 is 0 Å². The van der Waals surface area contributed by atoms with E-state index in [1.165, 1.54) is 0 Å². The highest BCUT2D eigenvalue weighted by Gasteiger charge is 2.52. The number of para-hydroxylation sites is 2. The van der Waals surface area contributed by atoms with Crippen molar-refractivity contribution in [1.29, 1.82) is 0 Å². The number of nitrogens with one attached hydrogen (secondary N) is 1. The van der Waals surface area contributed by atoms with Crippen molar-refractivity contribution < 1.29 is 14.6 Å². The summed E-state index contributed by atoms with van der Waals surface area (Å²) in [6.45, 7) is 2.08. The van der Waals surface area contributed by atoms with Gasteiger partial charge < -0.3 is 34.4 Å². The molecular formula is C27H24N4O3. The number of hydrogen-bond acceptors (Lipinski definition) is 4. The van der Waals surface area contributed by atoms with Gasteiger partial charge >= 0.3 is 0 Å². The number of aromatic amines is 1. The Labute approximate surface area is 194 Å². The maximum Gasteiger partial charge on any atom is 0.197 e. The van der Waals surface area contributed by atoms with Crippen LogP contribution in [0.4, 0.5) is 0 Å². The summed E-state index contributed by atoms with van der Waals surface area (Å²) < 4.78 is 17.6. The van der Waals surface area contributed by atoms with Crippen molar-refractivity contribution in [2.24, 2.45) is 5.73 Å². The van der Waals surface area contributed by atoms with E-state index in [2.05, 4.69) is 57.4 Å². The Kier molecular flexibility index (Phi) is 3.29. The number of H-pyrrole nitrogens is 1. The summed E-state index contributed by atoms with van der Waals surface area (Å²) in [5.74, 6) is 0.176. The average Bonchev–Trinajstić information content (AvgIpc) is 3.46. The number of aromatic nitrogens is 3. The van der Waals surface area contributed by atoms with E-state index < -0.39 is 5.72 Å². The standard InChI is InChI=1S/C27H24N4O3/c1-27-25(33-2)16(28)11-19(34-27)30-17-9-5-3-7-13(17)20-15-12-29-26(32)22(15)21-14-8-4-6-10-18(14)31(27)24(21)23(20)30/h3-10,12,16,19,25,29,32H,11,28H2,1-2H3/t16-,19-,25-,27+/m1/s1. The molecule has 8 rings (SSSR count).